The second-order valence-electron chi connectivity index (χ2n) is 5.64. The van der Waals surface area contributed by atoms with Crippen molar-refractivity contribution in [3.05, 3.63) is 0 Å². The number of hydrogen-bond acceptors (Lipinski definition) is 3. The molecular weight excluding hydrogens is 242 g/mol. The van der Waals surface area contributed by atoms with Crippen LogP contribution < -0.4 is 0 Å². The van der Waals surface area contributed by atoms with Crippen molar-refractivity contribution in [1.82, 2.24) is 4.90 Å². The molecule has 19 heavy (non-hydrogen) atoms. The van der Waals surface area contributed by atoms with Gasteiger partial charge in [-0.05, 0) is 19.3 Å². The van der Waals surface area contributed by atoms with E-state index in [-0.39, 0.29) is 18.4 Å². The first-order chi connectivity index (χ1) is 9.15. The minimum atomic E-state index is -0.519. The molecule has 1 heterocycles. The highest BCUT2D eigenvalue weighted by atomic mass is 16.5. The van der Waals surface area contributed by atoms with Crippen molar-refractivity contribution < 1.29 is 14.6 Å². The van der Waals surface area contributed by atoms with E-state index in [9.17, 15) is 9.90 Å². The molecule has 1 amide bonds. The number of likely N-dealkylation sites (tertiary alicyclic amines) is 1. The average molecular weight is 265 g/mol. The lowest BCUT2D eigenvalue weighted by Gasteiger charge is -2.47. The van der Waals surface area contributed by atoms with Gasteiger partial charge in [0.05, 0.1) is 18.6 Å². The van der Waals surface area contributed by atoms with E-state index in [0.29, 0.717) is 32.5 Å². The van der Waals surface area contributed by atoms with Gasteiger partial charge in [0, 0.05) is 19.0 Å². The Balaban J connectivity index is 1.80. The molecule has 1 aliphatic carbocycles. The van der Waals surface area contributed by atoms with Gasteiger partial charge in [0.2, 0.25) is 5.91 Å². The minimum Gasteiger partial charge on any atom is -0.389 e. The molecule has 0 radical (unpaired) electrons. The number of ether oxygens (including phenoxy) is 1. The van der Waals surface area contributed by atoms with Crippen molar-refractivity contribution in [1.29, 1.82) is 0 Å². The standard InChI is InChI=1S/C15H23NO3/c1-2-10-19-11-6-14(17)16-9-8-15(18)7-4-3-5-13(15)12-16/h1,13,18H,3-12H2. The average Bonchev–Trinajstić information content (AvgIpc) is 2.42. The van der Waals surface area contributed by atoms with E-state index in [1.165, 1.54) is 6.42 Å². The van der Waals surface area contributed by atoms with Crippen LogP contribution in [0.4, 0.5) is 0 Å². The van der Waals surface area contributed by atoms with Crippen LogP contribution in [0.5, 0.6) is 0 Å². The largest absolute Gasteiger partial charge is 0.389 e. The number of rotatable bonds is 4. The summed E-state index contributed by atoms with van der Waals surface area (Å²) in [6.45, 7) is 2.01. The summed E-state index contributed by atoms with van der Waals surface area (Å²) in [5, 5.41) is 10.6. The summed E-state index contributed by atoms with van der Waals surface area (Å²) < 4.78 is 5.14. The molecular formula is C15H23NO3. The summed E-state index contributed by atoms with van der Waals surface area (Å²) in [5.74, 6) is 2.75. The number of aliphatic hydroxyl groups is 1. The van der Waals surface area contributed by atoms with Gasteiger partial charge in [-0.15, -0.1) is 6.42 Å². The zero-order valence-corrected chi connectivity index (χ0v) is 11.4. The van der Waals surface area contributed by atoms with Gasteiger partial charge in [-0.1, -0.05) is 18.8 Å². The Morgan fingerprint density at radius 1 is 1.47 bits per heavy atom. The van der Waals surface area contributed by atoms with E-state index in [1.807, 2.05) is 4.90 Å². The first-order valence-corrected chi connectivity index (χ1v) is 7.17. The molecule has 1 saturated heterocycles. The Hall–Kier alpha value is -1.05. The number of nitrogens with zero attached hydrogens (tertiary/aromatic N) is 1. The quantitative estimate of drug-likeness (QED) is 0.613. The molecule has 0 aromatic heterocycles. The van der Waals surface area contributed by atoms with Gasteiger partial charge in [0.1, 0.15) is 6.61 Å². The van der Waals surface area contributed by atoms with Crippen LogP contribution in [-0.4, -0.2) is 47.8 Å². The predicted octanol–water partition coefficient (Wildman–Crippen LogP) is 1.18. The van der Waals surface area contributed by atoms with Crippen LogP contribution in [0.25, 0.3) is 0 Å². The van der Waals surface area contributed by atoms with Crippen molar-refractivity contribution in [2.75, 3.05) is 26.3 Å². The number of carbonyl (C=O) groups is 1. The van der Waals surface area contributed by atoms with Crippen molar-refractivity contribution in [3.63, 3.8) is 0 Å². The number of hydrogen-bond donors (Lipinski definition) is 1. The molecule has 2 atom stereocenters. The van der Waals surface area contributed by atoms with Crippen LogP contribution in [0, 0.1) is 18.3 Å². The SMILES string of the molecule is C#CCOCCC(=O)N1CCC2(O)CCCCC2C1. The second kappa shape index (κ2) is 6.40. The predicted molar refractivity (Wildman–Crippen MR) is 72.4 cm³/mol. The molecule has 0 spiro atoms. The van der Waals surface area contributed by atoms with Crippen LogP contribution in [0.2, 0.25) is 0 Å². The smallest absolute Gasteiger partial charge is 0.224 e. The molecule has 2 unspecified atom stereocenters. The third-order valence-corrected chi connectivity index (χ3v) is 4.43. The Bertz CT molecular complexity index is 363. The molecule has 1 aliphatic heterocycles. The third-order valence-electron chi connectivity index (χ3n) is 4.43. The molecule has 4 heteroatoms. The molecule has 2 rings (SSSR count). The van der Waals surface area contributed by atoms with Crippen LogP contribution in [0.1, 0.15) is 38.5 Å². The lowest BCUT2D eigenvalue weighted by Crippen LogP contribution is -2.54. The van der Waals surface area contributed by atoms with E-state index in [1.54, 1.807) is 0 Å². The lowest BCUT2D eigenvalue weighted by atomic mass is 9.71. The summed E-state index contributed by atoms with van der Waals surface area (Å²) in [5.41, 5.74) is -0.519. The topological polar surface area (TPSA) is 49.8 Å². The fourth-order valence-corrected chi connectivity index (χ4v) is 3.25. The van der Waals surface area contributed by atoms with E-state index < -0.39 is 5.60 Å². The van der Waals surface area contributed by atoms with Gasteiger partial charge in [-0.25, -0.2) is 0 Å². The van der Waals surface area contributed by atoms with E-state index in [2.05, 4.69) is 5.92 Å². The normalized spacial score (nSPS) is 30.5. The van der Waals surface area contributed by atoms with Gasteiger partial charge < -0.3 is 14.7 Å². The summed E-state index contributed by atoms with van der Waals surface area (Å²) in [6.07, 6.45) is 10.4. The molecule has 1 N–H and O–H groups in total. The number of amides is 1. The highest BCUT2D eigenvalue weighted by Crippen LogP contribution is 2.39. The van der Waals surface area contributed by atoms with E-state index in [0.717, 1.165) is 19.3 Å². The molecule has 2 aliphatic rings. The summed E-state index contributed by atoms with van der Waals surface area (Å²) in [6, 6.07) is 0. The highest BCUT2D eigenvalue weighted by molar-refractivity contribution is 5.76. The van der Waals surface area contributed by atoms with Crippen molar-refractivity contribution in [2.24, 2.45) is 5.92 Å². The summed E-state index contributed by atoms with van der Waals surface area (Å²) in [4.78, 5) is 13.9. The maximum Gasteiger partial charge on any atom is 0.224 e. The summed E-state index contributed by atoms with van der Waals surface area (Å²) >= 11 is 0. The monoisotopic (exact) mass is 265 g/mol. The molecule has 1 saturated carbocycles. The van der Waals surface area contributed by atoms with Gasteiger partial charge in [0.25, 0.3) is 0 Å². The molecule has 0 aromatic carbocycles. The zero-order chi connectivity index (χ0) is 13.7. The van der Waals surface area contributed by atoms with Crippen LogP contribution in [0.3, 0.4) is 0 Å². The first kappa shape index (κ1) is 14.4. The highest BCUT2D eigenvalue weighted by Gasteiger charge is 2.43. The van der Waals surface area contributed by atoms with Crippen LogP contribution >= 0.6 is 0 Å². The number of carbonyl (C=O) groups excluding carboxylic acids is 1. The van der Waals surface area contributed by atoms with Gasteiger partial charge in [-0.2, -0.15) is 0 Å². The van der Waals surface area contributed by atoms with Crippen LogP contribution in [-0.2, 0) is 9.53 Å². The first-order valence-electron chi connectivity index (χ1n) is 7.17. The molecule has 106 valence electrons. The second-order valence-corrected chi connectivity index (χ2v) is 5.64. The lowest BCUT2D eigenvalue weighted by molar-refractivity contribution is -0.144. The van der Waals surface area contributed by atoms with Gasteiger partial charge >= 0.3 is 0 Å². The maximum atomic E-state index is 12.1. The summed E-state index contributed by atoms with van der Waals surface area (Å²) in [7, 11) is 0. The molecule has 2 fully saturated rings. The Morgan fingerprint density at radius 2 is 2.32 bits per heavy atom. The Labute approximate surface area is 115 Å². The fourth-order valence-electron chi connectivity index (χ4n) is 3.25. The van der Waals surface area contributed by atoms with Gasteiger partial charge in [-0.3, -0.25) is 4.79 Å². The molecule has 0 aromatic rings. The van der Waals surface area contributed by atoms with Crippen molar-refractivity contribution in [3.8, 4) is 12.3 Å². The Morgan fingerprint density at radius 3 is 3.11 bits per heavy atom. The molecule has 0 bridgehead atoms. The number of terminal acetylenes is 1. The zero-order valence-electron chi connectivity index (χ0n) is 11.4. The van der Waals surface area contributed by atoms with E-state index in [4.69, 9.17) is 11.2 Å². The van der Waals surface area contributed by atoms with Crippen LogP contribution in [0.15, 0.2) is 0 Å². The Kier molecular flexibility index (Phi) is 4.84. The molecule has 4 nitrogen and oxygen atoms in total. The van der Waals surface area contributed by atoms with Crippen molar-refractivity contribution >= 4 is 5.91 Å². The minimum absolute atomic E-state index is 0.115. The number of fused-ring (bicyclic) bond motifs is 1. The third kappa shape index (κ3) is 3.49. The fraction of sp³-hybridized carbons (Fsp3) is 0.800. The number of piperidine rings is 1. The maximum absolute atomic E-state index is 12.1. The van der Waals surface area contributed by atoms with Crippen molar-refractivity contribution in [2.45, 2.75) is 44.1 Å². The van der Waals surface area contributed by atoms with Gasteiger partial charge in [0.15, 0.2) is 0 Å². The van der Waals surface area contributed by atoms with E-state index >= 15 is 0 Å².